The first kappa shape index (κ1) is 16.2. The zero-order valence-electron chi connectivity index (χ0n) is 11.7. The summed E-state index contributed by atoms with van der Waals surface area (Å²) >= 11 is 0. The molecule has 0 bridgehead atoms. The number of nitrogens with zero attached hydrogens (tertiary/aromatic N) is 2. The summed E-state index contributed by atoms with van der Waals surface area (Å²) in [5.41, 5.74) is 0. The average molecular weight is 290 g/mol. The number of rotatable bonds is 2. The van der Waals surface area contributed by atoms with Gasteiger partial charge in [-0.05, 0) is 26.7 Å². The molecule has 0 aromatic rings. The Morgan fingerprint density at radius 1 is 1.32 bits per heavy atom. The molecule has 0 saturated carbocycles. The predicted molar refractivity (Wildman–Crippen MR) is 76.3 cm³/mol. The first-order valence-electron chi connectivity index (χ1n) is 6.90. The molecule has 0 radical (unpaired) electrons. The molecular weight excluding hydrogens is 266 g/mol. The standard InChI is InChI=1S/C13H23N3O2.ClH/c1-10-11(2)16(8-6-14-10)13(18)9-15-7-4-3-5-12(15)17;/h10-11,14H,3-9H2,1-2H3;1H. The fraction of sp³-hybridized carbons (Fsp3) is 0.846. The summed E-state index contributed by atoms with van der Waals surface area (Å²) < 4.78 is 0. The van der Waals surface area contributed by atoms with Crippen molar-refractivity contribution in [3.8, 4) is 0 Å². The molecule has 19 heavy (non-hydrogen) atoms. The second-order valence-electron chi connectivity index (χ2n) is 5.34. The molecular formula is C13H24ClN3O2. The van der Waals surface area contributed by atoms with E-state index in [9.17, 15) is 9.59 Å². The number of hydrogen-bond acceptors (Lipinski definition) is 3. The Morgan fingerprint density at radius 3 is 2.74 bits per heavy atom. The SMILES string of the molecule is CC1NCCN(C(=O)CN2CCCCC2=O)C1C.Cl. The number of piperidine rings is 1. The van der Waals surface area contributed by atoms with Gasteiger partial charge in [0.15, 0.2) is 0 Å². The highest BCUT2D eigenvalue weighted by Gasteiger charge is 2.30. The molecule has 5 nitrogen and oxygen atoms in total. The van der Waals surface area contributed by atoms with E-state index in [0.717, 1.165) is 32.5 Å². The Hall–Kier alpha value is -0.810. The number of nitrogens with one attached hydrogen (secondary N) is 1. The molecule has 0 aliphatic carbocycles. The lowest BCUT2D eigenvalue weighted by atomic mass is 10.1. The molecule has 2 saturated heterocycles. The van der Waals surface area contributed by atoms with E-state index in [1.165, 1.54) is 0 Å². The average Bonchev–Trinajstić information content (AvgIpc) is 2.35. The van der Waals surface area contributed by atoms with E-state index in [0.29, 0.717) is 12.5 Å². The van der Waals surface area contributed by atoms with Crippen molar-refractivity contribution in [1.29, 1.82) is 0 Å². The van der Waals surface area contributed by atoms with Gasteiger partial charge >= 0.3 is 0 Å². The van der Waals surface area contributed by atoms with Crippen molar-refractivity contribution in [1.82, 2.24) is 15.1 Å². The molecule has 2 aliphatic rings. The van der Waals surface area contributed by atoms with Gasteiger partial charge in [-0.15, -0.1) is 12.4 Å². The van der Waals surface area contributed by atoms with Crippen molar-refractivity contribution in [2.75, 3.05) is 26.2 Å². The van der Waals surface area contributed by atoms with Crippen LogP contribution in [0, 0.1) is 0 Å². The van der Waals surface area contributed by atoms with Crippen LogP contribution in [0.3, 0.4) is 0 Å². The van der Waals surface area contributed by atoms with Crippen LogP contribution < -0.4 is 5.32 Å². The molecule has 1 N–H and O–H groups in total. The van der Waals surface area contributed by atoms with E-state index in [1.54, 1.807) is 4.90 Å². The Balaban J connectivity index is 0.00000180. The van der Waals surface area contributed by atoms with E-state index < -0.39 is 0 Å². The van der Waals surface area contributed by atoms with Crippen LogP contribution in [0.15, 0.2) is 0 Å². The zero-order valence-corrected chi connectivity index (χ0v) is 12.5. The lowest BCUT2D eigenvalue weighted by Gasteiger charge is -2.40. The second-order valence-corrected chi connectivity index (χ2v) is 5.34. The van der Waals surface area contributed by atoms with Crippen molar-refractivity contribution in [3.05, 3.63) is 0 Å². The molecule has 2 unspecified atom stereocenters. The van der Waals surface area contributed by atoms with Gasteiger partial charge in [-0.25, -0.2) is 0 Å². The van der Waals surface area contributed by atoms with Gasteiger partial charge in [0.2, 0.25) is 11.8 Å². The molecule has 2 fully saturated rings. The maximum atomic E-state index is 12.3. The van der Waals surface area contributed by atoms with Crippen LogP contribution in [0.5, 0.6) is 0 Å². The summed E-state index contributed by atoms with van der Waals surface area (Å²) in [5.74, 6) is 0.219. The minimum atomic E-state index is 0. The number of amides is 2. The summed E-state index contributed by atoms with van der Waals surface area (Å²) in [6.45, 7) is 6.73. The third-order valence-corrected chi connectivity index (χ3v) is 4.10. The van der Waals surface area contributed by atoms with Crippen LogP contribution in [-0.2, 0) is 9.59 Å². The van der Waals surface area contributed by atoms with Crippen molar-refractivity contribution >= 4 is 24.2 Å². The lowest BCUT2D eigenvalue weighted by Crippen LogP contribution is -2.59. The fourth-order valence-electron chi connectivity index (χ4n) is 2.69. The Morgan fingerprint density at radius 2 is 2.05 bits per heavy atom. The molecule has 2 aliphatic heterocycles. The number of halogens is 1. The predicted octanol–water partition coefficient (Wildman–Crippen LogP) is 0.630. The van der Waals surface area contributed by atoms with E-state index in [4.69, 9.17) is 0 Å². The smallest absolute Gasteiger partial charge is 0.242 e. The van der Waals surface area contributed by atoms with Crippen LogP contribution >= 0.6 is 12.4 Å². The number of likely N-dealkylation sites (tertiary alicyclic amines) is 1. The summed E-state index contributed by atoms with van der Waals surface area (Å²) in [6, 6.07) is 0.519. The highest BCUT2D eigenvalue weighted by atomic mass is 35.5. The molecule has 0 aromatic heterocycles. The lowest BCUT2D eigenvalue weighted by molar-refractivity contribution is -0.144. The van der Waals surface area contributed by atoms with E-state index in [-0.39, 0.29) is 36.8 Å². The largest absolute Gasteiger partial charge is 0.336 e. The molecule has 2 rings (SSSR count). The van der Waals surface area contributed by atoms with Crippen LogP contribution in [0.4, 0.5) is 0 Å². The van der Waals surface area contributed by atoms with Crippen LogP contribution in [0.2, 0.25) is 0 Å². The van der Waals surface area contributed by atoms with Crippen LogP contribution in [0.1, 0.15) is 33.1 Å². The van der Waals surface area contributed by atoms with Gasteiger partial charge in [-0.2, -0.15) is 0 Å². The molecule has 110 valence electrons. The number of piperazine rings is 1. The van der Waals surface area contributed by atoms with Crippen molar-refractivity contribution in [2.45, 2.75) is 45.2 Å². The topological polar surface area (TPSA) is 52.7 Å². The zero-order chi connectivity index (χ0) is 13.1. The van der Waals surface area contributed by atoms with Gasteiger partial charge in [0, 0.05) is 38.1 Å². The van der Waals surface area contributed by atoms with Crippen molar-refractivity contribution in [2.24, 2.45) is 0 Å². The highest BCUT2D eigenvalue weighted by Crippen LogP contribution is 2.13. The molecule has 0 aromatic carbocycles. The first-order valence-corrected chi connectivity index (χ1v) is 6.90. The first-order chi connectivity index (χ1) is 8.59. The quantitative estimate of drug-likeness (QED) is 0.811. The van der Waals surface area contributed by atoms with Gasteiger partial charge in [0.25, 0.3) is 0 Å². The van der Waals surface area contributed by atoms with Gasteiger partial charge in [-0.1, -0.05) is 0 Å². The van der Waals surface area contributed by atoms with E-state index in [2.05, 4.69) is 19.2 Å². The Bertz CT molecular complexity index is 338. The Labute approximate surface area is 121 Å². The van der Waals surface area contributed by atoms with Crippen LogP contribution in [0.25, 0.3) is 0 Å². The summed E-state index contributed by atoms with van der Waals surface area (Å²) in [5, 5.41) is 3.35. The fourth-order valence-corrected chi connectivity index (χ4v) is 2.69. The van der Waals surface area contributed by atoms with Gasteiger partial charge in [0.05, 0.1) is 6.54 Å². The number of carbonyl (C=O) groups is 2. The summed E-state index contributed by atoms with van der Waals surface area (Å²) in [7, 11) is 0. The minimum Gasteiger partial charge on any atom is -0.336 e. The van der Waals surface area contributed by atoms with Crippen molar-refractivity contribution < 1.29 is 9.59 Å². The van der Waals surface area contributed by atoms with Gasteiger partial charge in [-0.3, -0.25) is 9.59 Å². The minimum absolute atomic E-state index is 0. The molecule has 2 heterocycles. The molecule has 2 amide bonds. The second kappa shape index (κ2) is 7.10. The third-order valence-electron chi connectivity index (χ3n) is 4.10. The molecule has 6 heteroatoms. The number of carbonyl (C=O) groups excluding carboxylic acids is 2. The monoisotopic (exact) mass is 289 g/mol. The van der Waals surface area contributed by atoms with Crippen LogP contribution in [-0.4, -0.2) is 59.9 Å². The maximum Gasteiger partial charge on any atom is 0.242 e. The third kappa shape index (κ3) is 3.83. The highest BCUT2D eigenvalue weighted by molar-refractivity contribution is 5.85. The van der Waals surface area contributed by atoms with E-state index >= 15 is 0 Å². The molecule has 2 atom stereocenters. The van der Waals surface area contributed by atoms with Crippen molar-refractivity contribution in [3.63, 3.8) is 0 Å². The van der Waals surface area contributed by atoms with Gasteiger partial charge < -0.3 is 15.1 Å². The summed E-state index contributed by atoms with van der Waals surface area (Å²) in [4.78, 5) is 27.6. The summed E-state index contributed by atoms with van der Waals surface area (Å²) in [6.07, 6.45) is 2.58. The maximum absolute atomic E-state index is 12.3. The van der Waals surface area contributed by atoms with Gasteiger partial charge in [0.1, 0.15) is 0 Å². The number of hydrogen-bond donors (Lipinski definition) is 1. The Kier molecular flexibility index (Phi) is 6.07. The van der Waals surface area contributed by atoms with E-state index in [1.807, 2.05) is 4.90 Å². The molecule has 0 spiro atoms. The normalized spacial score (nSPS) is 28.0.